The summed E-state index contributed by atoms with van der Waals surface area (Å²) in [5.74, 6) is 0. The molecular formula is C6H3Br3O3S. The smallest absolute Gasteiger partial charge is 0.282 e. The molecule has 0 bridgehead atoms. The summed E-state index contributed by atoms with van der Waals surface area (Å²) in [6, 6.07) is 2.83. The molecule has 0 fully saturated rings. The molecule has 1 aromatic rings. The van der Waals surface area contributed by atoms with E-state index in [0.717, 1.165) is 0 Å². The van der Waals surface area contributed by atoms with Crippen molar-refractivity contribution in [3.63, 3.8) is 0 Å². The van der Waals surface area contributed by atoms with Crippen LogP contribution in [0.2, 0.25) is 0 Å². The molecule has 0 saturated heterocycles. The number of hydrogen-bond acceptors (Lipinski definition) is 2. The van der Waals surface area contributed by atoms with E-state index in [4.69, 9.17) is 4.55 Å². The quantitative estimate of drug-likeness (QED) is 0.587. The summed E-state index contributed by atoms with van der Waals surface area (Å²) in [6.07, 6.45) is 0. The van der Waals surface area contributed by atoms with Crippen LogP contribution in [0, 0.1) is 0 Å². The molecule has 0 atom stereocenters. The molecule has 0 radical (unpaired) electrons. The lowest BCUT2D eigenvalue weighted by Gasteiger charge is -2.04. The maximum atomic E-state index is 10.8. The molecule has 0 aliphatic carbocycles. The van der Waals surface area contributed by atoms with Crippen molar-refractivity contribution in [1.29, 1.82) is 0 Å². The topological polar surface area (TPSA) is 54.4 Å². The number of hydrogen-bond donors (Lipinski definition) is 1. The molecule has 7 heteroatoms. The van der Waals surface area contributed by atoms with Gasteiger partial charge in [-0.25, -0.2) is 0 Å². The molecule has 0 aromatic heterocycles. The van der Waals surface area contributed by atoms with Gasteiger partial charge in [-0.05, 0) is 59.9 Å². The summed E-state index contributed by atoms with van der Waals surface area (Å²) in [5.41, 5.74) is 0. The van der Waals surface area contributed by atoms with E-state index in [9.17, 15) is 8.42 Å². The van der Waals surface area contributed by atoms with Gasteiger partial charge in [-0.1, -0.05) is 0 Å². The monoisotopic (exact) mass is 392 g/mol. The Bertz CT molecular complexity index is 441. The van der Waals surface area contributed by atoms with Gasteiger partial charge in [0.05, 0.1) is 4.47 Å². The zero-order valence-corrected chi connectivity index (χ0v) is 11.5. The van der Waals surface area contributed by atoms with Crippen molar-refractivity contribution in [3.05, 3.63) is 25.6 Å². The van der Waals surface area contributed by atoms with Crippen LogP contribution in [0.5, 0.6) is 0 Å². The fraction of sp³-hybridized carbons (Fsp3) is 0. The second kappa shape index (κ2) is 3.98. The van der Waals surface area contributed by atoms with Gasteiger partial charge in [0, 0.05) is 8.95 Å². The highest BCUT2D eigenvalue weighted by Gasteiger charge is 2.17. The third kappa shape index (κ3) is 2.53. The van der Waals surface area contributed by atoms with E-state index in [1.807, 2.05) is 0 Å². The van der Waals surface area contributed by atoms with Crippen LogP contribution in [0.3, 0.4) is 0 Å². The first kappa shape index (κ1) is 11.6. The summed E-state index contributed by atoms with van der Waals surface area (Å²) in [5, 5.41) is 0. The maximum Gasteiger partial charge on any atom is 0.295 e. The summed E-state index contributed by atoms with van der Waals surface area (Å²) in [6.45, 7) is 0. The highest BCUT2D eigenvalue weighted by Crippen LogP contribution is 2.35. The zero-order valence-electron chi connectivity index (χ0n) is 5.96. The van der Waals surface area contributed by atoms with Gasteiger partial charge in [0.25, 0.3) is 10.1 Å². The molecule has 1 aromatic carbocycles. The molecule has 72 valence electrons. The minimum Gasteiger partial charge on any atom is -0.282 e. The zero-order chi connectivity index (χ0) is 10.2. The van der Waals surface area contributed by atoms with Gasteiger partial charge in [-0.3, -0.25) is 4.55 Å². The second-order valence-corrected chi connectivity index (χ2v) is 5.98. The molecule has 13 heavy (non-hydrogen) atoms. The molecule has 0 spiro atoms. The normalized spacial score (nSPS) is 11.7. The molecule has 1 rings (SSSR count). The first-order valence-electron chi connectivity index (χ1n) is 2.95. The Morgan fingerprint density at radius 3 is 2.08 bits per heavy atom. The molecule has 0 heterocycles. The van der Waals surface area contributed by atoms with Gasteiger partial charge in [0.1, 0.15) is 4.90 Å². The van der Waals surface area contributed by atoms with Crippen molar-refractivity contribution in [1.82, 2.24) is 0 Å². The van der Waals surface area contributed by atoms with E-state index in [2.05, 4.69) is 47.8 Å². The van der Waals surface area contributed by atoms with Gasteiger partial charge in [0.15, 0.2) is 0 Å². The van der Waals surface area contributed by atoms with E-state index in [0.29, 0.717) is 13.4 Å². The van der Waals surface area contributed by atoms with Crippen LogP contribution < -0.4 is 0 Å². The molecule has 1 N–H and O–H groups in total. The Hall–Kier alpha value is 0.570. The van der Waals surface area contributed by atoms with Crippen LogP contribution in [0.15, 0.2) is 30.4 Å². The first-order valence-corrected chi connectivity index (χ1v) is 6.77. The molecule has 0 amide bonds. The predicted molar refractivity (Wildman–Crippen MR) is 59.4 cm³/mol. The predicted octanol–water partition coefficient (Wildman–Crippen LogP) is 3.22. The molecular weight excluding hydrogens is 392 g/mol. The van der Waals surface area contributed by atoms with Crippen LogP contribution in [0.25, 0.3) is 0 Å². The van der Waals surface area contributed by atoms with Gasteiger partial charge >= 0.3 is 0 Å². The van der Waals surface area contributed by atoms with Crippen molar-refractivity contribution in [2.24, 2.45) is 0 Å². The van der Waals surface area contributed by atoms with E-state index < -0.39 is 10.1 Å². The Morgan fingerprint density at radius 2 is 1.62 bits per heavy atom. The molecule has 0 aliphatic rings. The molecule has 0 saturated carbocycles. The van der Waals surface area contributed by atoms with E-state index >= 15 is 0 Å². The minimum atomic E-state index is -4.17. The summed E-state index contributed by atoms with van der Waals surface area (Å²) < 4.78 is 31.9. The average molecular weight is 395 g/mol. The lowest BCUT2D eigenvalue weighted by atomic mass is 10.4. The van der Waals surface area contributed by atoms with E-state index in [1.165, 1.54) is 12.1 Å². The highest BCUT2D eigenvalue weighted by molar-refractivity contribution is 9.14. The SMILES string of the molecule is O=S(=O)(O)c1ccc(Br)c(Br)c1Br. The third-order valence-corrected chi connectivity index (χ3v) is 5.81. The van der Waals surface area contributed by atoms with Crippen molar-refractivity contribution in [2.75, 3.05) is 0 Å². The molecule has 0 unspecified atom stereocenters. The van der Waals surface area contributed by atoms with Crippen molar-refractivity contribution in [3.8, 4) is 0 Å². The minimum absolute atomic E-state index is 0.164. The second-order valence-electron chi connectivity index (χ2n) is 2.15. The Kier molecular flexibility index (Phi) is 3.56. The Morgan fingerprint density at radius 1 is 1.08 bits per heavy atom. The third-order valence-electron chi connectivity index (χ3n) is 1.28. The lowest BCUT2D eigenvalue weighted by Crippen LogP contribution is -1.99. The lowest BCUT2D eigenvalue weighted by molar-refractivity contribution is 0.482. The van der Waals surface area contributed by atoms with Gasteiger partial charge in [0.2, 0.25) is 0 Å². The Labute approximate surface area is 101 Å². The average Bonchev–Trinajstić information content (AvgIpc) is 1.98. The number of halogens is 3. The fourth-order valence-corrected chi connectivity index (χ4v) is 3.31. The van der Waals surface area contributed by atoms with Crippen molar-refractivity contribution in [2.45, 2.75) is 4.90 Å². The Balaban J connectivity index is 3.53. The standard InChI is InChI=1S/C6H3Br3O3S/c7-3-1-2-4(13(10,11)12)6(9)5(3)8/h1-2H,(H,10,11,12). The van der Waals surface area contributed by atoms with Crippen LogP contribution in [0.4, 0.5) is 0 Å². The van der Waals surface area contributed by atoms with Crippen molar-refractivity contribution < 1.29 is 13.0 Å². The maximum absolute atomic E-state index is 10.8. The van der Waals surface area contributed by atoms with Gasteiger partial charge < -0.3 is 0 Å². The molecule has 3 nitrogen and oxygen atoms in total. The van der Waals surface area contributed by atoms with Crippen LogP contribution in [-0.2, 0) is 10.1 Å². The number of rotatable bonds is 1. The van der Waals surface area contributed by atoms with E-state index in [-0.39, 0.29) is 4.90 Å². The highest BCUT2D eigenvalue weighted by atomic mass is 79.9. The summed E-state index contributed by atoms with van der Waals surface area (Å²) >= 11 is 9.40. The van der Waals surface area contributed by atoms with Crippen LogP contribution in [0.1, 0.15) is 0 Å². The van der Waals surface area contributed by atoms with Gasteiger partial charge in [-0.2, -0.15) is 8.42 Å². The molecule has 0 aliphatic heterocycles. The largest absolute Gasteiger partial charge is 0.295 e. The van der Waals surface area contributed by atoms with Crippen molar-refractivity contribution >= 4 is 57.9 Å². The van der Waals surface area contributed by atoms with Crippen LogP contribution in [-0.4, -0.2) is 13.0 Å². The summed E-state index contributed by atoms with van der Waals surface area (Å²) in [7, 11) is -4.17. The van der Waals surface area contributed by atoms with Crippen LogP contribution >= 0.6 is 47.8 Å². The van der Waals surface area contributed by atoms with Gasteiger partial charge in [-0.15, -0.1) is 0 Å². The van der Waals surface area contributed by atoms with E-state index in [1.54, 1.807) is 0 Å². The summed E-state index contributed by atoms with van der Waals surface area (Å²) in [4.78, 5) is -0.164. The first-order chi connectivity index (χ1) is 5.84. The fourth-order valence-electron chi connectivity index (χ4n) is 0.707. The number of benzene rings is 1.